The van der Waals surface area contributed by atoms with Crippen LogP contribution in [-0.4, -0.2) is 14.2 Å². The van der Waals surface area contributed by atoms with Gasteiger partial charge in [-0.3, -0.25) is 0 Å². The van der Waals surface area contributed by atoms with Crippen LogP contribution in [0.15, 0.2) is 46.0 Å². The summed E-state index contributed by atoms with van der Waals surface area (Å²) in [6.45, 7) is 1.84. The van der Waals surface area contributed by atoms with E-state index in [9.17, 15) is 17.2 Å². The summed E-state index contributed by atoms with van der Waals surface area (Å²) in [6, 6.07) is 7.42. The first kappa shape index (κ1) is 14.9. The molecule has 0 amide bonds. The van der Waals surface area contributed by atoms with Crippen LogP contribution in [0.25, 0.3) is 0 Å². The summed E-state index contributed by atoms with van der Waals surface area (Å²) in [6.07, 6.45) is 0. The molecule has 0 saturated heterocycles. The van der Waals surface area contributed by atoms with Gasteiger partial charge in [-0.15, -0.1) is 0 Å². The van der Waals surface area contributed by atoms with Crippen LogP contribution >= 0.6 is 11.3 Å². The van der Waals surface area contributed by atoms with Gasteiger partial charge < -0.3 is 5.32 Å². The molecule has 1 atom stereocenters. The Morgan fingerprint density at radius 2 is 1.90 bits per heavy atom. The van der Waals surface area contributed by atoms with Gasteiger partial charge in [0.2, 0.25) is 9.84 Å². The molecule has 7 heteroatoms. The molecule has 1 aromatic heterocycles. The molecule has 0 radical (unpaired) electrons. The number of hydrogen-bond donors (Lipinski definition) is 1. The smallest absolute Gasteiger partial charge is 0.341 e. The third-order valence-corrected chi connectivity index (χ3v) is 4.98. The second-order valence-corrected chi connectivity index (χ2v) is 6.89. The quantitative estimate of drug-likeness (QED) is 0.909. The molecule has 0 fully saturated rings. The van der Waals surface area contributed by atoms with Crippen molar-refractivity contribution in [1.82, 2.24) is 0 Å². The fraction of sp³-hybridized carbons (Fsp3) is 0.231. The summed E-state index contributed by atoms with van der Waals surface area (Å²) in [4.78, 5) is -0.378. The van der Waals surface area contributed by atoms with Gasteiger partial charge in [0.1, 0.15) is 0 Å². The zero-order valence-corrected chi connectivity index (χ0v) is 12.2. The highest BCUT2D eigenvalue weighted by Crippen LogP contribution is 2.29. The maximum absolute atomic E-state index is 12.7. The van der Waals surface area contributed by atoms with Crippen molar-refractivity contribution in [2.24, 2.45) is 0 Å². The third-order valence-electron chi connectivity index (χ3n) is 2.84. The van der Waals surface area contributed by atoms with Crippen molar-refractivity contribution in [3.8, 4) is 0 Å². The fourth-order valence-corrected chi connectivity index (χ4v) is 3.42. The van der Waals surface area contributed by atoms with Gasteiger partial charge in [0.25, 0.3) is 0 Å². The fourth-order valence-electron chi connectivity index (χ4n) is 1.77. The van der Waals surface area contributed by atoms with Crippen LogP contribution in [-0.2, 0) is 9.84 Å². The molecule has 0 bridgehead atoms. The van der Waals surface area contributed by atoms with E-state index < -0.39 is 15.6 Å². The molecule has 0 saturated carbocycles. The molecule has 3 nitrogen and oxygen atoms in total. The average molecular weight is 317 g/mol. The number of nitrogens with one attached hydrogen (secondary N) is 1. The van der Waals surface area contributed by atoms with Crippen LogP contribution in [0, 0.1) is 0 Å². The summed E-state index contributed by atoms with van der Waals surface area (Å²) in [5.41, 5.74) is 1.16. The zero-order chi connectivity index (χ0) is 14.8. The van der Waals surface area contributed by atoms with E-state index in [0.717, 1.165) is 5.56 Å². The second-order valence-electron chi connectivity index (χ2n) is 4.22. The maximum Gasteiger partial charge on any atom is 0.341 e. The van der Waals surface area contributed by atoms with Gasteiger partial charge in [-0.05, 0) is 41.4 Å². The van der Waals surface area contributed by atoms with E-state index in [1.165, 1.54) is 29.5 Å². The largest absolute Gasteiger partial charge is 0.377 e. The van der Waals surface area contributed by atoms with Crippen molar-refractivity contribution in [3.05, 3.63) is 46.7 Å². The molecule has 0 aliphatic heterocycles. The van der Waals surface area contributed by atoms with Crippen LogP contribution in [0.1, 0.15) is 18.5 Å². The van der Waals surface area contributed by atoms with E-state index in [2.05, 4.69) is 5.32 Å². The summed E-state index contributed by atoms with van der Waals surface area (Å²) in [5, 5.41) is 6.78. The SMILES string of the molecule is CC(Nc1ccccc1S(=O)(=O)C(F)F)c1ccsc1. The molecular weight excluding hydrogens is 304 g/mol. The molecule has 1 unspecified atom stereocenters. The summed E-state index contributed by atoms with van der Waals surface area (Å²) < 4.78 is 48.6. The lowest BCUT2D eigenvalue weighted by Gasteiger charge is -2.17. The molecule has 108 valence electrons. The van der Waals surface area contributed by atoms with Crippen LogP contribution in [0.5, 0.6) is 0 Å². The van der Waals surface area contributed by atoms with Crippen molar-refractivity contribution < 1.29 is 17.2 Å². The molecule has 1 aromatic carbocycles. The van der Waals surface area contributed by atoms with Crippen molar-refractivity contribution in [2.75, 3.05) is 5.32 Å². The van der Waals surface area contributed by atoms with Crippen molar-refractivity contribution in [1.29, 1.82) is 0 Å². The third kappa shape index (κ3) is 2.99. The number of benzene rings is 1. The lowest BCUT2D eigenvalue weighted by Crippen LogP contribution is -2.15. The number of anilines is 1. The van der Waals surface area contributed by atoms with Gasteiger partial charge in [-0.2, -0.15) is 20.1 Å². The molecule has 2 rings (SSSR count). The monoisotopic (exact) mass is 317 g/mol. The average Bonchev–Trinajstić information content (AvgIpc) is 2.93. The molecule has 2 aromatic rings. The van der Waals surface area contributed by atoms with Gasteiger partial charge in [0.05, 0.1) is 10.6 Å². The van der Waals surface area contributed by atoms with E-state index in [-0.39, 0.29) is 16.6 Å². The Hall–Kier alpha value is -1.47. The van der Waals surface area contributed by atoms with Gasteiger partial charge in [0.15, 0.2) is 0 Å². The summed E-state index contributed by atoms with van der Waals surface area (Å²) in [7, 11) is -4.62. The van der Waals surface area contributed by atoms with E-state index in [1.807, 2.05) is 23.8 Å². The molecule has 0 aliphatic carbocycles. The topological polar surface area (TPSA) is 46.2 Å². The predicted molar refractivity (Wildman–Crippen MR) is 76.0 cm³/mol. The first-order valence-corrected chi connectivity index (χ1v) is 8.31. The maximum atomic E-state index is 12.7. The highest BCUT2D eigenvalue weighted by Gasteiger charge is 2.29. The van der Waals surface area contributed by atoms with Gasteiger partial charge in [-0.25, -0.2) is 8.42 Å². The van der Waals surface area contributed by atoms with Crippen LogP contribution < -0.4 is 5.32 Å². The zero-order valence-electron chi connectivity index (χ0n) is 10.6. The predicted octanol–water partition coefficient (Wildman–Crippen LogP) is 3.92. The number of para-hydroxylation sites is 1. The van der Waals surface area contributed by atoms with Crippen LogP contribution in [0.3, 0.4) is 0 Å². The van der Waals surface area contributed by atoms with E-state index in [1.54, 1.807) is 6.07 Å². The Kier molecular flexibility index (Phi) is 4.39. The number of halogens is 2. The second kappa shape index (κ2) is 5.88. The molecular formula is C13H13F2NO2S2. The highest BCUT2D eigenvalue weighted by molar-refractivity contribution is 7.91. The van der Waals surface area contributed by atoms with Crippen molar-refractivity contribution >= 4 is 26.9 Å². The summed E-state index contributed by atoms with van der Waals surface area (Å²) >= 11 is 1.51. The van der Waals surface area contributed by atoms with Crippen LogP contribution in [0.4, 0.5) is 14.5 Å². The van der Waals surface area contributed by atoms with E-state index >= 15 is 0 Å². The van der Waals surface area contributed by atoms with E-state index in [0.29, 0.717) is 0 Å². The first-order chi connectivity index (χ1) is 9.43. The number of rotatable bonds is 5. The first-order valence-electron chi connectivity index (χ1n) is 5.82. The Bertz CT molecular complexity index is 669. The molecule has 0 spiro atoms. The molecule has 0 aliphatic rings. The number of hydrogen-bond acceptors (Lipinski definition) is 4. The Balaban J connectivity index is 2.34. The molecule has 1 heterocycles. The van der Waals surface area contributed by atoms with Gasteiger partial charge in [-0.1, -0.05) is 12.1 Å². The molecule has 20 heavy (non-hydrogen) atoms. The number of sulfone groups is 1. The minimum atomic E-state index is -4.62. The van der Waals surface area contributed by atoms with Crippen LogP contribution in [0.2, 0.25) is 0 Å². The Morgan fingerprint density at radius 1 is 1.20 bits per heavy atom. The lowest BCUT2D eigenvalue weighted by molar-refractivity contribution is 0.235. The van der Waals surface area contributed by atoms with Crippen molar-refractivity contribution in [3.63, 3.8) is 0 Å². The number of thiophene rings is 1. The lowest BCUT2D eigenvalue weighted by atomic mass is 10.1. The minimum absolute atomic E-state index is 0.171. The number of alkyl halides is 2. The molecule has 1 N–H and O–H groups in total. The Morgan fingerprint density at radius 3 is 2.50 bits per heavy atom. The van der Waals surface area contributed by atoms with Gasteiger partial charge in [0, 0.05) is 6.04 Å². The normalized spacial score (nSPS) is 13.4. The van der Waals surface area contributed by atoms with Gasteiger partial charge >= 0.3 is 5.76 Å². The Labute approximate surface area is 120 Å². The summed E-state index contributed by atoms with van der Waals surface area (Å²) in [5.74, 6) is -3.43. The minimum Gasteiger partial charge on any atom is -0.377 e. The standard InChI is InChI=1S/C13H13F2NO2S2/c1-9(10-6-7-19-8-10)16-11-4-2-3-5-12(11)20(17,18)13(14)15/h2-9,13,16H,1H3. The van der Waals surface area contributed by atoms with Crippen molar-refractivity contribution in [2.45, 2.75) is 23.6 Å². The van der Waals surface area contributed by atoms with E-state index in [4.69, 9.17) is 0 Å². The highest BCUT2D eigenvalue weighted by atomic mass is 32.2.